The zero-order valence-corrected chi connectivity index (χ0v) is 11.0. The highest BCUT2D eigenvalue weighted by Crippen LogP contribution is 2.44. The van der Waals surface area contributed by atoms with Crippen LogP contribution in [0.2, 0.25) is 0 Å². The smallest absolute Gasteiger partial charge is 0.251 e. The number of hydrogen-bond acceptors (Lipinski definition) is 4. The van der Waals surface area contributed by atoms with Crippen molar-refractivity contribution in [3.8, 4) is 0 Å². The van der Waals surface area contributed by atoms with Crippen LogP contribution in [0.1, 0.15) is 30.1 Å². The molecule has 1 aromatic heterocycles. The number of nitrogen functional groups attached to an aromatic ring is 1. The first kappa shape index (κ1) is 11.5. The topological polar surface area (TPSA) is 68.0 Å². The standard InChI is InChI=1S/C13H15N3OS/c1-13(4-5-13)7-15-11(17)8-2-3-9-10(6-8)18-12(14)16-9/h2-3,6H,4-5,7H2,1H3,(H2,14,16)(H,15,17). The molecule has 0 spiro atoms. The zero-order chi connectivity index (χ0) is 12.8. The van der Waals surface area contributed by atoms with Crippen molar-refractivity contribution in [2.75, 3.05) is 12.3 Å². The van der Waals surface area contributed by atoms with Gasteiger partial charge in [-0.05, 0) is 36.5 Å². The fraction of sp³-hybridized carbons (Fsp3) is 0.385. The summed E-state index contributed by atoms with van der Waals surface area (Å²) < 4.78 is 0.956. The molecule has 1 amide bonds. The molecule has 1 saturated carbocycles. The Labute approximate surface area is 109 Å². The van der Waals surface area contributed by atoms with E-state index in [2.05, 4.69) is 17.2 Å². The molecule has 2 aromatic rings. The molecule has 0 saturated heterocycles. The summed E-state index contributed by atoms with van der Waals surface area (Å²) in [6, 6.07) is 5.50. The normalized spacial score (nSPS) is 16.7. The highest BCUT2D eigenvalue weighted by molar-refractivity contribution is 7.22. The monoisotopic (exact) mass is 261 g/mol. The molecule has 3 rings (SSSR count). The molecule has 94 valence electrons. The number of rotatable bonds is 3. The van der Waals surface area contributed by atoms with E-state index in [0.717, 1.165) is 16.8 Å². The molecule has 3 N–H and O–H groups in total. The van der Waals surface area contributed by atoms with E-state index in [9.17, 15) is 4.79 Å². The number of carbonyl (C=O) groups is 1. The predicted octanol–water partition coefficient (Wildman–Crippen LogP) is 2.41. The molecular weight excluding hydrogens is 246 g/mol. The molecule has 0 atom stereocenters. The highest BCUT2D eigenvalue weighted by atomic mass is 32.1. The van der Waals surface area contributed by atoms with Gasteiger partial charge >= 0.3 is 0 Å². The number of thiazole rings is 1. The molecule has 1 aromatic carbocycles. The Morgan fingerprint density at radius 3 is 3.06 bits per heavy atom. The molecular formula is C13H15N3OS. The van der Waals surface area contributed by atoms with Crippen LogP contribution in [0, 0.1) is 5.41 Å². The number of anilines is 1. The van der Waals surface area contributed by atoms with Gasteiger partial charge in [0.15, 0.2) is 5.13 Å². The van der Waals surface area contributed by atoms with Crippen LogP contribution in [0.15, 0.2) is 18.2 Å². The van der Waals surface area contributed by atoms with Crippen LogP contribution < -0.4 is 11.1 Å². The fourth-order valence-electron chi connectivity index (χ4n) is 1.87. The summed E-state index contributed by atoms with van der Waals surface area (Å²) in [7, 11) is 0. The van der Waals surface area contributed by atoms with Crippen molar-refractivity contribution in [3.05, 3.63) is 23.8 Å². The van der Waals surface area contributed by atoms with Crippen molar-refractivity contribution in [1.29, 1.82) is 0 Å². The van der Waals surface area contributed by atoms with E-state index in [-0.39, 0.29) is 5.91 Å². The van der Waals surface area contributed by atoms with Crippen LogP contribution >= 0.6 is 11.3 Å². The first-order valence-electron chi connectivity index (χ1n) is 6.00. The average Bonchev–Trinajstić information content (AvgIpc) is 2.95. The van der Waals surface area contributed by atoms with E-state index < -0.39 is 0 Å². The van der Waals surface area contributed by atoms with E-state index in [1.165, 1.54) is 24.2 Å². The SMILES string of the molecule is CC1(CNC(=O)c2ccc3nc(N)sc3c2)CC1. The lowest BCUT2D eigenvalue weighted by Gasteiger charge is -2.09. The minimum atomic E-state index is -0.0167. The molecule has 0 bridgehead atoms. The Hall–Kier alpha value is -1.62. The molecule has 0 unspecified atom stereocenters. The van der Waals surface area contributed by atoms with Crippen LogP contribution in [0.4, 0.5) is 5.13 Å². The predicted molar refractivity (Wildman–Crippen MR) is 73.7 cm³/mol. The van der Waals surface area contributed by atoms with Gasteiger partial charge in [-0.15, -0.1) is 0 Å². The first-order chi connectivity index (χ1) is 8.56. The molecule has 1 fully saturated rings. The molecule has 1 aliphatic rings. The van der Waals surface area contributed by atoms with Crippen molar-refractivity contribution >= 4 is 32.6 Å². The van der Waals surface area contributed by atoms with Gasteiger partial charge in [0.2, 0.25) is 0 Å². The lowest BCUT2D eigenvalue weighted by Crippen LogP contribution is -2.28. The summed E-state index contributed by atoms with van der Waals surface area (Å²) in [4.78, 5) is 16.2. The zero-order valence-electron chi connectivity index (χ0n) is 10.2. The lowest BCUT2D eigenvalue weighted by atomic mass is 10.1. The van der Waals surface area contributed by atoms with Gasteiger partial charge in [0, 0.05) is 12.1 Å². The third kappa shape index (κ3) is 2.18. The number of amides is 1. The third-order valence-electron chi connectivity index (χ3n) is 3.45. The van der Waals surface area contributed by atoms with Crippen LogP contribution in [0.5, 0.6) is 0 Å². The Kier molecular flexibility index (Phi) is 2.52. The molecule has 0 radical (unpaired) electrons. The highest BCUT2D eigenvalue weighted by Gasteiger charge is 2.37. The first-order valence-corrected chi connectivity index (χ1v) is 6.82. The average molecular weight is 261 g/mol. The molecule has 4 nitrogen and oxygen atoms in total. The van der Waals surface area contributed by atoms with Gasteiger partial charge in [-0.3, -0.25) is 4.79 Å². The van der Waals surface area contributed by atoms with Gasteiger partial charge in [-0.2, -0.15) is 0 Å². The maximum absolute atomic E-state index is 12.0. The Morgan fingerprint density at radius 2 is 2.33 bits per heavy atom. The molecule has 18 heavy (non-hydrogen) atoms. The van der Waals surface area contributed by atoms with Crippen LogP contribution in [0.25, 0.3) is 10.2 Å². The Morgan fingerprint density at radius 1 is 1.56 bits per heavy atom. The minimum absolute atomic E-state index is 0.0167. The quantitative estimate of drug-likeness (QED) is 0.891. The van der Waals surface area contributed by atoms with Crippen molar-refractivity contribution < 1.29 is 4.79 Å². The lowest BCUT2D eigenvalue weighted by molar-refractivity contribution is 0.0946. The molecule has 5 heteroatoms. The van der Waals surface area contributed by atoms with Gasteiger partial charge in [-0.25, -0.2) is 4.98 Å². The van der Waals surface area contributed by atoms with Crippen molar-refractivity contribution in [3.63, 3.8) is 0 Å². The molecule has 0 aliphatic heterocycles. The van der Waals surface area contributed by atoms with E-state index >= 15 is 0 Å². The number of benzene rings is 1. The van der Waals surface area contributed by atoms with Gasteiger partial charge in [0.1, 0.15) is 0 Å². The van der Waals surface area contributed by atoms with Gasteiger partial charge in [0.05, 0.1) is 10.2 Å². The second-order valence-corrected chi connectivity index (χ2v) is 6.29. The number of fused-ring (bicyclic) bond motifs is 1. The number of hydrogen-bond donors (Lipinski definition) is 2. The summed E-state index contributed by atoms with van der Waals surface area (Å²) >= 11 is 1.41. The van der Waals surface area contributed by atoms with E-state index in [4.69, 9.17) is 5.73 Å². The number of nitrogens with zero attached hydrogens (tertiary/aromatic N) is 1. The molecule has 1 aliphatic carbocycles. The van der Waals surface area contributed by atoms with Crippen LogP contribution in [-0.4, -0.2) is 17.4 Å². The second kappa shape index (κ2) is 3.95. The van der Waals surface area contributed by atoms with Crippen molar-refractivity contribution in [2.45, 2.75) is 19.8 Å². The van der Waals surface area contributed by atoms with Gasteiger partial charge < -0.3 is 11.1 Å². The van der Waals surface area contributed by atoms with E-state index in [1.54, 1.807) is 6.07 Å². The van der Waals surface area contributed by atoms with Crippen LogP contribution in [0.3, 0.4) is 0 Å². The number of carbonyl (C=O) groups excluding carboxylic acids is 1. The Bertz CT molecular complexity index is 616. The third-order valence-corrected chi connectivity index (χ3v) is 4.29. The summed E-state index contributed by atoms with van der Waals surface area (Å²) in [6.45, 7) is 2.95. The van der Waals surface area contributed by atoms with Crippen molar-refractivity contribution in [1.82, 2.24) is 10.3 Å². The number of nitrogens with two attached hydrogens (primary N) is 1. The number of aromatic nitrogens is 1. The fourth-order valence-corrected chi connectivity index (χ4v) is 2.64. The Balaban J connectivity index is 1.78. The largest absolute Gasteiger partial charge is 0.375 e. The number of nitrogens with one attached hydrogen (secondary N) is 1. The van der Waals surface area contributed by atoms with Crippen LogP contribution in [-0.2, 0) is 0 Å². The molecule has 1 heterocycles. The second-order valence-electron chi connectivity index (χ2n) is 5.23. The van der Waals surface area contributed by atoms with Crippen molar-refractivity contribution in [2.24, 2.45) is 5.41 Å². The summed E-state index contributed by atoms with van der Waals surface area (Å²) in [5, 5.41) is 3.52. The summed E-state index contributed by atoms with van der Waals surface area (Å²) in [5.74, 6) is -0.0167. The minimum Gasteiger partial charge on any atom is -0.375 e. The summed E-state index contributed by atoms with van der Waals surface area (Å²) in [6.07, 6.45) is 2.41. The van der Waals surface area contributed by atoms with E-state index in [0.29, 0.717) is 16.1 Å². The maximum atomic E-state index is 12.0. The van der Waals surface area contributed by atoms with Gasteiger partial charge in [0.25, 0.3) is 5.91 Å². The summed E-state index contributed by atoms with van der Waals surface area (Å²) in [5.41, 5.74) is 7.50. The van der Waals surface area contributed by atoms with E-state index in [1.807, 2.05) is 12.1 Å². The van der Waals surface area contributed by atoms with Gasteiger partial charge in [-0.1, -0.05) is 18.3 Å². The maximum Gasteiger partial charge on any atom is 0.251 e.